The summed E-state index contributed by atoms with van der Waals surface area (Å²) in [4.78, 5) is 2.54. The van der Waals surface area contributed by atoms with Crippen molar-refractivity contribution in [1.29, 1.82) is 0 Å². The summed E-state index contributed by atoms with van der Waals surface area (Å²) in [5.74, 6) is 0. The Kier molecular flexibility index (Phi) is 13.8. The van der Waals surface area contributed by atoms with Crippen molar-refractivity contribution in [3.63, 3.8) is 0 Å². The van der Waals surface area contributed by atoms with Gasteiger partial charge in [-0.3, -0.25) is 0 Å². The van der Waals surface area contributed by atoms with Gasteiger partial charge >= 0.3 is 0 Å². The van der Waals surface area contributed by atoms with Crippen LogP contribution >= 0.6 is 0 Å². The summed E-state index contributed by atoms with van der Waals surface area (Å²) in [6.45, 7) is 13.0. The number of methoxy groups -OCH3 is 1. The lowest BCUT2D eigenvalue weighted by molar-refractivity contribution is 0.194. The van der Waals surface area contributed by atoms with Gasteiger partial charge in [-0.15, -0.1) is 0 Å². The summed E-state index contributed by atoms with van der Waals surface area (Å²) in [5.41, 5.74) is 0. The summed E-state index contributed by atoms with van der Waals surface area (Å²) in [5, 5.41) is 6.81. The highest BCUT2D eigenvalue weighted by Crippen LogP contribution is 1.93. The van der Waals surface area contributed by atoms with Gasteiger partial charge in [-0.05, 0) is 32.5 Å². The standard InChI is InChI=1S/C11H25N3O.C2H6/c1-15-11-3-5-12-4-2-8-14-9-6-13-7-10-14;1-2/h12-13H,2-11H2,1H3;1-2H3. The molecule has 0 atom stereocenters. The van der Waals surface area contributed by atoms with Crippen LogP contribution in [0.3, 0.4) is 0 Å². The average Bonchev–Trinajstić information content (AvgIpc) is 2.41. The number of ether oxygens (including phenoxy) is 1. The highest BCUT2D eigenvalue weighted by atomic mass is 16.5. The van der Waals surface area contributed by atoms with Crippen molar-refractivity contribution in [2.45, 2.75) is 26.7 Å². The number of hydrogen-bond donors (Lipinski definition) is 2. The SMILES string of the molecule is CC.COCCCNCCCN1CCNCC1. The number of nitrogens with zero attached hydrogens (tertiary/aromatic N) is 1. The minimum absolute atomic E-state index is 0.866. The fraction of sp³-hybridized carbons (Fsp3) is 1.00. The van der Waals surface area contributed by atoms with Crippen LogP contribution in [0.25, 0.3) is 0 Å². The van der Waals surface area contributed by atoms with E-state index in [1.807, 2.05) is 13.8 Å². The molecule has 2 N–H and O–H groups in total. The van der Waals surface area contributed by atoms with Crippen LogP contribution in [0, 0.1) is 0 Å². The van der Waals surface area contributed by atoms with Crippen LogP contribution in [-0.2, 0) is 4.74 Å². The van der Waals surface area contributed by atoms with Gasteiger partial charge in [0.15, 0.2) is 0 Å². The van der Waals surface area contributed by atoms with Crippen LogP contribution in [0.2, 0.25) is 0 Å². The van der Waals surface area contributed by atoms with Crippen molar-refractivity contribution in [3.8, 4) is 0 Å². The number of hydrogen-bond acceptors (Lipinski definition) is 4. The van der Waals surface area contributed by atoms with E-state index in [1.54, 1.807) is 7.11 Å². The zero-order valence-electron chi connectivity index (χ0n) is 11.9. The van der Waals surface area contributed by atoms with Crippen LogP contribution in [0.15, 0.2) is 0 Å². The molecule has 0 amide bonds. The lowest BCUT2D eigenvalue weighted by atomic mass is 10.3. The third-order valence-corrected chi connectivity index (χ3v) is 2.74. The predicted octanol–water partition coefficient (Wildman–Crippen LogP) is 0.934. The number of rotatable bonds is 8. The molecule has 17 heavy (non-hydrogen) atoms. The van der Waals surface area contributed by atoms with Crippen LogP contribution in [0.1, 0.15) is 26.7 Å². The zero-order chi connectivity index (χ0) is 12.8. The van der Waals surface area contributed by atoms with Crippen molar-refractivity contribution in [3.05, 3.63) is 0 Å². The molecule has 0 bridgehead atoms. The monoisotopic (exact) mass is 245 g/mol. The molecule has 4 nitrogen and oxygen atoms in total. The van der Waals surface area contributed by atoms with Gasteiger partial charge in [-0.1, -0.05) is 13.8 Å². The van der Waals surface area contributed by atoms with Gasteiger partial charge in [0.1, 0.15) is 0 Å². The van der Waals surface area contributed by atoms with Crippen molar-refractivity contribution < 1.29 is 4.74 Å². The fourth-order valence-corrected chi connectivity index (χ4v) is 1.83. The molecule has 0 aliphatic carbocycles. The van der Waals surface area contributed by atoms with Gasteiger partial charge in [0.05, 0.1) is 0 Å². The smallest absolute Gasteiger partial charge is 0.0474 e. The van der Waals surface area contributed by atoms with Crippen molar-refractivity contribution in [1.82, 2.24) is 15.5 Å². The van der Waals surface area contributed by atoms with Crippen molar-refractivity contribution >= 4 is 0 Å². The normalized spacial score (nSPS) is 16.4. The number of nitrogens with one attached hydrogen (secondary N) is 2. The molecule has 1 fully saturated rings. The molecule has 1 aliphatic rings. The van der Waals surface area contributed by atoms with Gasteiger partial charge in [0.2, 0.25) is 0 Å². The van der Waals surface area contributed by atoms with E-state index in [2.05, 4.69) is 15.5 Å². The second kappa shape index (κ2) is 13.9. The average molecular weight is 245 g/mol. The fourth-order valence-electron chi connectivity index (χ4n) is 1.83. The lowest BCUT2D eigenvalue weighted by Gasteiger charge is -2.27. The zero-order valence-corrected chi connectivity index (χ0v) is 11.9. The van der Waals surface area contributed by atoms with Gasteiger partial charge < -0.3 is 20.3 Å². The molecule has 0 aromatic heterocycles. The molecular weight excluding hydrogens is 214 g/mol. The Balaban J connectivity index is 0.00000121. The summed E-state index contributed by atoms with van der Waals surface area (Å²) >= 11 is 0. The van der Waals surface area contributed by atoms with E-state index in [-0.39, 0.29) is 0 Å². The molecule has 0 radical (unpaired) electrons. The van der Waals surface area contributed by atoms with Gasteiger partial charge in [0.25, 0.3) is 0 Å². The van der Waals surface area contributed by atoms with Crippen molar-refractivity contribution in [2.24, 2.45) is 0 Å². The molecule has 4 heteroatoms. The van der Waals surface area contributed by atoms with Crippen LogP contribution in [-0.4, -0.2) is 64.4 Å². The predicted molar refractivity (Wildman–Crippen MR) is 74.6 cm³/mol. The highest BCUT2D eigenvalue weighted by Gasteiger charge is 2.07. The molecule has 104 valence electrons. The topological polar surface area (TPSA) is 36.5 Å². The Morgan fingerprint density at radius 1 is 1.12 bits per heavy atom. The lowest BCUT2D eigenvalue weighted by Crippen LogP contribution is -2.44. The Morgan fingerprint density at radius 2 is 1.76 bits per heavy atom. The van der Waals surface area contributed by atoms with E-state index in [4.69, 9.17) is 4.74 Å². The first-order valence-electron chi connectivity index (χ1n) is 7.06. The minimum atomic E-state index is 0.866. The summed E-state index contributed by atoms with van der Waals surface area (Å²) < 4.78 is 4.99. The molecule has 0 saturated carbocycles. The Bertz CT molecular complexity index is 139. The molecule has 0 aromatic carbocycles. The maximum Gasteiger partial charge on any atom is 0.0474 e. The van der Waals surface area contributed by atoms with E-state index in [1.165, 1.54) is 26.1 Å². The van der Waals surface area contributed by atoms with E-state index in [0.29, 0.717) is 0 Å². The minimum Gasteiger partial charge on any atom is -0.385 e. The van der Waals surface area contributed by atoms with Crippen LogP contribution < -0.4 is 10.6 Å². The maximum atomic E-state index is 4.99. The number of piperazine rings is 1. The molecular formula is C13H31N3O. The first-order valence-corrected chi connectivity index (χ1v) is 7.06. The highest BCUT2D eigenvalue weighted by molar-refractivity contribution is 4.67. The first kappa shape index (κ1) is 16.8. The van der Waals surface area contributed by atoms with E-state index in [0.717, 1.165) is 39.2 Å². The summed E-state index contributed by atoms with van der Waals surface area (Å²) in [7, 11) is 1.75. The van der Waals surface area contributed by atoms with Gasteiger partial charge in [0, 0.05) is 39.9 Å². The molecule has 1 aliphatic heterocycles. The van der Waals surface area contributed by atoms with Gasteiger partial charge in [-0.25, -0.2) is 0 Å². The quantitative estimate of drug-likeness (QED) is 0.624. The molecule has 1 saturated heterocycles. The Hall–Kier alpha value is -0.160. The largest absolute Gasteiger partial charge is 0.385 e. The molecule has 0 spiro atoms. The molecule has 0 aromatic rings. The second-order valence-corrected chi connectivity index (χ2v) is 4.04. The summed E-state index contributed by atoms with van der Waals surface area (Å²) in [6, 6.07) is 0. The molecule has 0 unspecified atom stereocenters. The first-order chi connectivity index (χ1) is 8.43. The van der Waals surface area contributed by atoms with Gasteiger partial charge in [-0.2, -0.15) is 0 Å². The third kappa shape index (κ3) is 10.7. The van der Waals surface area contributed by atoms with E-state index < -0.39 is 0 Å². The maximum absolute atomic E-state index is 4.99. The Morgan fingerprint density at radius 3 is 2.41 bits per heavy atom. The van der Waals surface area contributed by atoms with E-state index >= 15 is 0 Å². The third-order valence-electron chi connectivity index (χ3n) is 2.74. The molecule has 1 rings (SSSR count). The van der Waals surface area contributed by atoms with Crippen molar-refractivity contribution in [2.75, 3.05) is 59.5 Å². The Labute approximate surface area is 107 Å². The van der Waals surface area contributed by atoms with E-state index in [9.17, 15) is 0 Å². The van der Waals surface area contributed by atoms with Crippen LogP contribution in [0.5, 0.6) is 0 Å². The second-order valence-electron chi connectivity index (χ2n) is 4.04. The summed E-state index contributed by atoms with van der Waals surface area (Å²) in [6.07, 6.45) is 2.37. The van der Waals surface area contributed by atoms with Crippen LogP contribution in [0.4, 0.5) is 0 Å². The molecule has 1 heterocycles.